The number of rotatable bonds is 6. The van der Waals surface area contributed by atoms with Crippen LogP contribution in [-0.4, -0.2) is 23.9 Å². The molecule has 1 amide bonds. The molecule has 0 aliphatic heterocycles. The highest BCUT2D eigenvalue weighted by Crippen LogP contribution is 2.37. The van der Waals surface area contributed by atoms with Crippen LogP contribution in [0, 0.1) is 0 Å². The van der Waals surface area contributed by atoms with Crippen molar-refractivity contribution in [2.75, 3.05) is 24.3 Å². The second-order valence-electron chi connectivity index (χ2n) is 6.04. The number of fused-ring (bicyclic) bond motifs is 1. The Labute approximate surface area is 158 Å². The Hall–Kier alpha value is -3.15. The fraction of sp³-hybridized carbons (Fsp3) is 0.286. The van der Waals surface area contributed by atoms with Gasteiger partial charge in [-0.05, 0) is 63.2 Å². The van der Waals surface area contributed by atoms with Gasteiger partial charge in [-0.25, -0.2) is 4.79 Å². The van der Waals surface area contributed by atoms with Crippen LogP contribution in [0.2, 0.25) is 0 Å². The number of aryl methyl sites for hydroxylation is 1. The number of nitrogen functional groups attached to an aromatic ring is 1. The minimum Gasteiger partial charge on any atom is -0.494 e. The second kappa shape index (κ2) is 8.03. The van der Waals surface area contributed by atoms with Crippen LogP contribution in [0.15, 0.2) is 42.5 Å². The monoisotopic (exact) mass is 367 g/mol. The maximum absolute atomic E-state index is 11.7. The second-order valence-corrected chi connectivity index (χ2v) is 6.04. The lowest BCUT2D eigenvalue weighted by atomic mass is 10.1. The number of aromatic nitrogens is 1. The molecule has 0 aliphatic carbocycles. The predicted molar refractivity (Wildman–Crippen MR) is 109 cm³/mol. The summed E-state index contributed by atoms with van der Waals surface area (Å²) in [5.41, 5.74) is 10.8. The van der Waals surface area contributed by atoms with Gasteiger partial charge < -0.3 is 19.8 Å². The van der Waals surface area contributed by atoms with E-state index in [1.807, 2.05) is 49.4 Å². The van der Waals surface area contributed by atoms with Gasteiger partial charge in [-0.1, -0.05) is 0 Å². The summed E-state index contributed by atoms with van der Waals surface area (Å²) in [4.78, 5) is 11.7. The minimum absolute atomic E-state index is 0.328. The molecule has 2 aromatic carbocycles. The minimum atomic E-state index is -0.467. The smallest absolute Gasteiger partial charge is 0.411 e. The summed E-state index contributed by atoms with van der Waals surface area (Å²) in [6.07, 6.45) is -0.467. The molecule has 1 aromatic heterocycles. The summed E-state index contributed by atoms with van der Waals surface area (Å²) in [6.45, 7) is 7.51. The highest BCUT2D eigenvalue weighted by atomic mass is 16.5. The first-order chi connectivity index (χ1) is 13.1. The Balaban J connectivity index is 2.05. The molecule has 0 saturated heterocycles. The first-order valence-electron chi connectivity index (χ1n) is 9.17. The van der Waals surface area contributed by atoms with E-state index in [0.29, 0.717) is 18.9 Å². The zero-order valence-electron chi connectivity index (χ0n) is 15.9. The van der Waals surface area contributed by atoms with Crippen LogP contribution < -0.4 is 15.8 Å². The van der Waals surface area contributed by atoms with Crippen LogP contribution in [0.4, 0.5) is 16.2 Å². The zero-order valence-corrected chi connectivity index (χ0v) is 15.9. The van der Waals surface area contributed by atoms with Crippen molar-refractivity contribution >= 4 is 28.4 Å². The van der Waals surface area contributed by atoms with Gasteiger partial charge in [0.2, 0.25) is 0 Å². The summed E-state index contributed by atoms with van der Waals surface area (Å²) in [7, 11) is 0. The standard InChI is InChI=1S/C21H25N3O3/c1-4-24-18-13-15(23-21(25)27-6-3)9-12-17(18)19(22)20(24)14-7-10-16(11-8-14)26-5-2/h7-13H,4-6,22H2,1-3H3,(H,23,25). The van der Waals surface area contributed by atoms with E-state index < -0.39 is 6.09 Å². The molecular weight excluding hydrogens is 342 g/mol. The van der Waals surface area contributed by atoms with E-state index in [1.54, 1.807) is 6.92 Å². The molecule has 3 aromatic rings. The van der Waals surface area contributed by atoms with Crippen LogP contribution in [0.5, 0.6) is 5.75 Å². The van der Waals surface area contributed by atoms with Gasteiger partial charge >= 0.3 is 6.09 Å². The van der Waals surface area contributed by atoms with Gasteiger partial charge in [0.25, 0.3) is 0 Å². The number of hydrogen-bond acceptors (Lipinski definition) is 4. The Morgan fingerprint density at radius 1 is 1.07 bits per heavy atom. The van der Waals surface area contributed by atoms with Crippen molar-refractivity contribution in [1.29, 1.82) is 0 Å². The number of nitrogens with two attached hydrogens (primary N) is 1. The number of amides is 1. The van der Waals surface area contributed by atoms with Gasteiger partial charge in [0.05, 0.1) is 30.1 Å². The van der Waals surface area contributed by atoms with Crippen LogP contribution in [0.1, 0.15) is 20.8 Å². The average Bonchev–Trinajstić information content (AvgIpc) is 2.94. The van der Waals surface area contributed by atoms with E-state index >= 15 is 0 Å². The van der Waals surface area contributed by atoms with Crippen molar-refractivity contribution in [2.24, 2.45) is 0 Å². The van der Waals surface area contributed by atoms with Gasteiger partial charge in [0.15, 0.2) is 0 Å². The molecule has 27 heavy (non-hydrogen) atoms. The van der Waals surface area contributed by atoms with E-state index in [0.717, 1.165) is 40.1 Å². The molecule has 6 nitrogen and oxygen atoms in total. The Morgan fingerprint density at radius 3 is 2.44 bits per heavy atom. The van der Waals surface area contributed by atoms with Crippen LogP contribution in [0.25, 0.3) is 22.2 Å². The van der Waals surface area contributed by atoms with Crippen molar-refractivity contribution in [3.05, 3.63) is 42.5 Å². The third-order valence-electron chi connectivity index (χ3n) is 4.38. The lowest BCUT2D eigenvalue weighted by Crippen LogP contribution is -2.13. The van der Waals surface area contributed by atoms with E-state index in [-0.39, 0.29) is 0 Å². The number of hydrogen-bond donors (Lipinski definition) is 2. The van der Waals surface area contributed by atoms with Crippen molar-refractivity contribution < 1.29 is 14.3 Å². The van der Waals surface area contributed by atoms with Gasteiger partial charge in [-0.15, -0.1) is 0 Å². The maximum atomic E-state index is 11.7. The Bertz CT molecular complexity index is 945. The first-order valence-corrected chi connectivity index (χ1v) is 9.17. The van der Waals surface area contributed by atoms with Crippen LogP contribution >= 0.6 is 0 Å². The molecule has 0 aliphatic rings. The number of nitrogens with one attached hydrogen (secondary N) is 1. The summed E-state index contributed by atoms with van der Waals surface area (Å²) in [6, 6.07) is 13.6. The molecule has 0 bridgehead atoms. The number of carbonyl (C=O) groups is 1. The SMILES string of the molecule is CCOC(=O)Nc1ccc2c(N)c(-c3ccc(OCC)cc3)n(CC)c2c1. The summed E-state index contributed by atoms with van der Waals surface area (Å²) in [5, 5.41) is 3.70. The Kier molecular flexibility index (Phi) is 5.54. The molecule has 0 radical (unpaired) electrons. The number of anilines is 2. The molecule has 3 rings (SSSR count). The van der Waals surface area contributed by atoms with Crippen molar-refractivity contribution in [2.45, 2.75) is 27.3 Å². The highest BCUT2D eigenvalue weighted by molar-refractivity contribution is 6.03. The molecule has 6 heteroatoms. The van der Waals surface area contributed by atoms with E-state index in [2.05, 4.69) is 16.8 Å². The third kappa shape index (κ3) is 3.69. The Morgan fingerprint density at radius 2 is 1.81 bits per heavy atom. The summed E-state index contributed by atoms with van der Waals surface area (Å²) < 4.78 is 12.6. The van der Waals surface area contributed by atoms with Crippen molar-refractivity contribution in [3.8, 4) is 17.0 Å². The molecular formula is C21H25N3O3. The largest absolute Gasteiger partial charge is 0.494 e. The summed E-state index contributed by atoms with van der Waals surface area (Å²) >= 11 is 0. The molecule has 0 saturated carbocycles. The van der Waals surface area contributed by atoms with Gasteiger partial charge in [-0.3, -0.25) is 5.32 Å². The molecule has 1 heterocycles. The topological polar surface area (TPSA) is 78.5 Å². The zero-order chi connectivity index (χ0) is 19.4. The third-order valence-corrected chi connectivity index (χ3v) is 4.38. The number of nitrogens with zero attached hydrogens (tertiary/aromatic N) is 1. The lowest BCUT2D eigenvalue weighted by molar-refractivity contribution is 0.168. The summed E-state index contributed by atoms with van der Waals surface area (Å²) in [5.74, 6) is 0.833. The van der Waals surface area contributed by atoms with E-state index in [1.165, 1.54) is 0 Å². The quantitative estimate of drug-likeness (QED) is 0.651. The fourth-order valence-electron chi connectivity index (χ4n) is 3.25. The molecule has 3 N–H and O–H groups in total. The number of ether oxygens (including phenoxy) is 2. The molecule has 0 unspecified atom stereocenters. The normalized spacial score (nSPS) is 10.8. The fourth-order valence-corrected chi connectivity index (χ4v) is 3.25. The van der Waals surface area contributed by atoms with Gasteiger partial charge in [0, 0.05) is 23.2 Å². The molecule has 0 atom stereocenters. The van der Waals surface area contributed by atoms with Gasteiger partial charge in [0.1, 0.15) is 5.75 Å². The number of benzene rings is 2. The first kappa shape index (κ1) is 18.6. The van der Waals surface area contributed by atoms with Gasteiger partial charge in [-0.2, -0.15) is 0 Å². The lowest BCUT2D eigenvalue weighted by Gasteiger charge is -2.11. The van der Waals surface area contributed by atoms with Crippen LogP contribution in [0.3, 0.4) is 0 Å². The molecule has 0 fully saturated rings. The van der Waals surface area contributed by atoms with Crippen molar-refractivity contribution in [3.63, 3.8) is 0 Å². The molecule has 0 spiro atoms. The molecule has 142 valence electrons. The van der Waals surface area contributed by atoms with E-state index in [4.69, 9.17) is 15.2 Å². The average molecular weight is 367 g/mol. The predicted octanol–water partition coefficient (Wildman–Crippen LogP) is 4.88. The van der Waals surface area contributed by atoms with Crippen LogP contribution in [-0.2, 0) is 11.3 Å². The number of carbonyl (C=O) groups excluding carboxylic acids is 1. The van der Waals surface area contributed by atoms with Crippen molar-refractivity contribution in [1.82, 2.24) is 4.57 Å². The van der Waals surface area contributed by atoms with E-state index in [9.17, 15) is 4.79 Å². The highest BCUT2D eigenvalue weighted by Gasteiger charge is 2.17. The maximum Gasteiger partial charge on any atom is 0.411 e.